The van der Waals surface area contributed by atoms with Crippen LogP contribution >= 0.6 is 0 Å². The number of fused-ring (bicyclic) bond motifs is 1. The molecule has 0 amide bonds. The van der Waals surface area contributed by atoms with Crippen LogP contribution in [-0.4, -0.2) is 41.0 Å². The van der Waals surface area contributed by atoms with E-state index in [1.807, 2.05) is 24.3 Å². The number of likely N-dealkylation sites (N-methyl/N-ethyl adjacent to an activating group) is 1. The first-order valence-electron chi connectivity index (χ1n) is 6.73. The van der Waals surface area contributed by atoms with Gasteiger partial charge in [-0.05, 0) is 25.2 Å². The zero-order valence-corrected chi connectivity index (χ0v) is 11.6. The summed E-state index contributed by atoms with van der Waals surface area (Å²) >= 11 is 0. The van der Waals surface area contributed by atoms with Crippen LogP contribution in [0.4, 0.5) is 11.8 Å². The van der Waals surface area contributed by atoms with Crippen molar-refractivity contribution in [2.75, 3.05) is 37.2 Å². The summed E-state index contributed by atoms with van der Waals surface area (Å²) in [5.41, 5.74) is 6.61. The van der Waals surface area contributed by atoms with Crippen molar-refractivity contribution >= 4 is 22.7 Å². The van der Waals surface area contributed by atoms with Gasteiger partial charge in [0.1, 0.15) is 5.82 Å². The van der Waals surface area contributed by atoms with Gasteiger partial charge in [-0.15, -0.1) is 0 Å². The Balaban J connectivity index is 2.12. The number of nitrogens with one attached hydrogen (secondary N) is 1. The predicted octanol–water partition coefficient (Wildman–Crippen LogP) is 1.97. The van der Waals surface area contributed by atoms with E-state index in [1.165, 1.54) is 0 Å². The molecule has 19 heavy (non-hydrogen) atoms. The summed E-state index contributed by atoms with van der Waals surface area (Å²) in [7, 11) is 0. The average molecular weight is 259 g/mol. The van der Waals surface area contributed by atoms with Gasteiger partial charge >= 0.3 is 0 Å². The van der Waals surface area contributed by atoms with Crippen molar-refractivity contribution in [1.29, 1.82) is 0 Å². The molecule has 0 saturated heterocycles. The van der Waals surface area contributed by atoms with Crippen molar-refractivity contribution in [3.05, 3.63) is 24.3 Å². The van der Waals surface area contributed by atoms with Gasteiger partial charge < -0.3 is 16.0 Å². The molecule has 0 fully saturated rings. The number of benzene rings is 1. The lowest BCUT2D eigenvalue weighted by molar-refractivity contribution is 0.316. The molecule has 3 N–H and O–H groups in total. The molecule has 1 aromatic heterocycles. The first-order chi connectivity index (χ1) is 9.24. The van der Waals surface area contributed by atoms with Gasteiger partial charge in [-0.3, -0.25) is 0 Å². The van der Waals surface area contributed by atoms with Crippen LogP contribution < -0.4 is 11.1 Å². The lowest BCUT2D eigenvalue weighted by Gasteiger charge is -2.18. The van der Waals surface area contributed by atoms with Crippen LogP contribution in [0.2, 0.25) is 0 Å². The van der Waals surface area contributed by atoms with Crippen LogP contribution in [-0.2, 0) is 0 Å². The molecule has 0 radical (unpaired) electrons. The minimum absolute atomic E-state index is 0.309. The zero-order chi connectivity index (χ0) is 13.7. The fourth-order valence-corrected chi connectivity index (χ4v) is 2.10. The number of nitrogens with two attached hydrogens (primary N) is 1. The average Bonchev–Trinajstić information content (AvgIpc) is 2.43. The molecule has 5 nitrogen and oxygen atoms in total. The van der Waals surface area contributed by atoms with Gasteiger partial charge in [-0.2, -0.15) is 4.98 Å². The molecule has 1 heterocycles. The fraction of sp³-hybridized carbons (Fsp3) is 0.429. The number of para-hydroxylation sites is 1. The fourth-order valence-electron chi connectivity index (χ4n) is 2.10. The number of nitrogens with zero attached hydrogens (tertiary/aromatic N) is 3. The highest BCUT2D eigenvalue weighted by Crippen LogP contribution is 2.20. The number of hydrogen-bond donors (Lipinski definition) is 2. The van der Waals surface area contributed by atoms with E-state index in [2.05, 4.69) is 34.0 Å². The van der Waals surface area contributed by atoms with Crippen molar-refractivity contribution in [2.24, 2.45) is 0 Å². The quantitative estimate of drug-likeness (QED) is 0.830. The van der Waals surface area contributed by atoms with Gasteiger partial charge in [-0.1, -0.05) is 26.0 Å². The van der Waals surface area contributed by atoms with Crippen molar-refractivity contribution in [1.82, 2.24) is 14.9 Å². The molecule has 2 rings (SSSR count). The Kier molecular flexibility index (Phi) is 4.52. The molecule has 0 atom stereocenters. The highest BCUT2D eigenvalue weighted by molar-refractivity contribution is 5.89. The van der Waals surface area contributed by atoms with Crippen molar-refractivity contribution in [2.45, 2.75) is 13.8 Å². The summed E-state index contributed by atoms with van der Waals surface area (Å²) in [5.74, 6) is 1.12. The molecule has 0 bridgehead atoms. The molecule has 0 spiro atoms. The number of rotatable bonds is 6. The molecule has 0 aliphatic carbocycles. The van der Waals surface area contributed by atoms with E-state index in [1.54, 1.807) is 0 Å². The van der Waals surface area contributed by atoms with E-state index in [0.717, 1.165) is 42.9 Å². The summed E-state index contributed by atoms with van der Waals surface area (Å²) < 4.78 is 0. The summed E-state index contributed by atoms with van der Waals surface area (Å²) in [6.45, 7) is 8.30. The van der Waals surface area contributed by atoms with Gasteiger partial charge in [0.25, 0.3) is 0 Å². The van der Waals surface area contributed by atoms with Gasteiger partial charge in [0.05, 0.1) is 5.52 Å². The Morgan fingerprint density at radius 3 is 2.63 bits per heavy atom. The SMILES string of the molecule is CCN(CC)CCNc1nc(N)nc2ccccc12. The van der Waals surface area contributed by atoms with Crippen LogP contribution in [0.3, 0.4) is 0 Å². The normalized spacial score (nSPS) is 11.1. The monoisotopic (exact) mass is 259 g/mol. The third-order valence-electron chi connectivity index (χ3n) is 3.24. The lowest BCUT2D eigenvalue weighted by Crippen LogP contribution is -2.28. The second kappa shape index (κ2) is 6.33. The maximum Gasteiger partial charge on any atom is 0.222 e. The standard InChI is InChI=1S/C14H21N5/c1-3-19(4-2)10-9-16-13-11-7-5-6-8-12(11)17-14(15)18-13/h5-8H,3-4,9-10H2,1-2H3,(H3,15,16,17,18). The summed E-state index contributed by atoms with van der Waals surface area (Å²) in [6, 6.07) is 7.89. The lowest BCUT2D eigenvalue weighted by atomic mass is 10.2. The first kappa shape index (κ1) is 13.5. The van der Waals surface area contributed by atoms with Gasteiger partial charge in [-0.25, -0.2) is 4.98 Å². The van der Waals surface area contributed by atoms with E-state index in [-0.39, 0.29) is 0 Å². The summed E-state index contributed by atoms with van der Waals surface area (Å²) in [4.78, 5) is 10.9. The Labute approximate surface area is 113 Å². The minimum atomic E-state index is 0.309. The Morgan fingerprint density at radius 2 is 1.89 bits per heavy atom. The number of nitrogen functional groups attached to an aromatic ring is 1. The van der Waals surface area contributed by atoms with Crippen molar-refractivity contribution < 1.29 is 0 Å². The molecule has 0 aliphatic rings. The molecular weight excluding hydrogens is 238 g/mol. The van der Waals surface area contributed by atoms with Crippen LogP contribution in [0.5, 0.6) is 0 Å². The van der Waals surface area contributed by atoms with Crippen LogP contribution in [0.25, 0.3) is 10.9 Å². The third kappa shape index (κ3) is 3.32. The van der Waals surface area contributed by atoms with E-state index < -0.39 is 0 Å². The highest BCUT2D eigenvalue weighted by Gasteiger charge is 2.05. The van der Waals surface area contributed by atoms with Crippen LogP contribution in [0.1, 0.15) is 13.8 Å². The van der Waals surface area contributed by atoms with Crippen LogP contribution in [0, 0.1) is 0 Å². The molecule has 0 unspecified atom stereocenters. The van der Waals surface area contributed by atoms with E-state index in [0.29, 0.717) is 5.95 Å². The highest BCUT2D eigenvalue weighted by atomic mass is 15.1. The molecule has 5 heteroatoms. The largest absolute Gasteiger partial charge is 0.368 e. The maximum atomic E-state index is 5.74. The number of aromatic nitrogens is 2. The molecular formula is C14H21N5. The molecule has 0 saturated carbocycles. The minimum Gasteiger partial charge on any atom is -0.368 e. The van der Waals surface area contributed by atoms with Gasteiger partial charge in [0, 0.05) is 18.5 Å². The van der Waals surface area contributed by atoms with E-state index in [4.69, 9.17) is 5.73 Å². The topological polar surface area (TPSA) is 67.1 Å². The smallest absolute Gasteiger partial charge is 0.222 e. The Morgan fingerprint density at radius 1 is 1.16 bits per heavy atom. The summed E-state index contributed by atoms with van der Waals surface area (Å²) in [5, 5.41) is 4.37. The second-order valence-electron chi connectivity index (χ2n) is 4.40. The Bertz CT molecular complexity index is 536. The van der Waals surface area contributed by atoms with Gasteiger partial charge in [0.2, 0.25) is 5.95 Å². The Hall–Kier alpha value is -1.88. The molecule has 0 aliphatic heterocycles. The molecule has 2 aromatic rings. The third-order valence-corrected chi connectivity index (χ3v) is 3.24. The number of anilines is 2. The zero-order valence-electron chi connectivity index (χ0n) is 11.6. The second-order valence-corrected chi connectivity index (χ2v) is 4.40. The molecule has 102 valence electrons. The predicted molar refractivity (Wildman–Crippen MR) is 80.2 cm³/mol. The van der Waals surface area contributed by atoms with Crippen LogP contribution in [0.15, 0.2) is 24.3 Å². The van der Waals surface area contributed by atoms with Gasteiger partial charge in [0.15, 0.2) is 0 Å². The maximum absolute atomic E-state index is 5.74. The van der Waals surface area contributed by atoms with E-state index >= 15 is 0 Å². The van der Waals surface area contributed by atoms with E-state index in [9.17, 15) is 0 Å². The first-order valence-corrected chi connectivity index (χ1v) is 6.73. The number of hydrogen-bond acceptors (Lipinski definition) is 5. The van der Waals surface area contributed by atoms with Crippen molar-refractivity contribution in [3.8, 4) is 0 Å². The summed E-state index contributed by atoms with van der Waals surface area (Å²) in [6.07, 6.45) is 0. The molecule has 1 aromatic carbocycles. The van der Waals surface area contributed by atoms with Crippen molar-refractivity contribution in [3.63, 3.8) is 0 Å².